The van der Waals surface area contributed by atoms with Gasteiger partial charge in [-0.1, -0.05) is 49.0 Å². The predicted octanol–water partition coefficient (Wildman–Crippen LogP) is 2.78. The number of benzene rings is 2. The molecule has 1 atom stereocenters. The van der Waals surface area contributed by atoms with Gasteiger partial charge in [-0.15, -0.1) is 0 Å². The first-order valence-corrected chi connectivity index (χ1v) is 7.81. The van der Waals surface area contributed by atoms with Crippen molar-refractivity contribution in [3.63, 3.8) is 0 Å². The van der Waals surface area contributed by atoms with E-state index in [4.69, 9.17) is 9.47 Å². The molecule has 25 heavy (non-hydrogen) atoms. The third-order valence-corrected chi connectivity index (χ3v) is 3.35. The molecule has 2 aromatic rings. The summed E-state index contributed by atoms with van der Waals surface area (Å²) in [6, 6.07) is 15.7. The Morgan fingerprint density at radius 2 is 1.68 bits per heavy atom. The number of ether oxygens (including phenoxy) is 2. The van der Waals surface area contributed by atoms with Gasteiger partial charge < -0.3 is 14.6 Å². The van der Waals surface area contributed by atoms with Crippen LogP contribution in [-0.2, 0) is 9.53 Å². The average molecular weight is 340 g/mol. The summed E-state index contributed by atoms with van der Waals surface area (Å²) in [5, 5.41) is 9.87. The molecule has 0 aliphatic rings. The zero-order valence-corrected chi connectivity index (χ0v) is 14.0. The first-order valence-electron chi connectivity index (χ1n) is 7.81. The number of hydrogen-bond donors (Lipinski definition) is 1. The molecule has 0 aromatic heterocycles. The van der Waals surface area contributed by atoms with Crippen molar-refractivity contribution in [3.8, 4) is 5.75 Å². The minimum atomic E-state index is -1.01. The van der Waals surface area contributed by atoms with Gasteiger partial charge in [0.2, 0.25) is 0 Å². The molecule has 0 saturated carbocycles. The maximum absolute atomic E-state index is 12.6. The molecule has 0 aliphatic carbocycles. The van der Waals surface area contributed by atoms with E-state index < -0.39 is 12.1 Å². The Hall–Kier alpha value is -2.92. The normalized spacial score (nSPS) is 11.4. The molecule has 2 rings (SSSR count). The Morgan fingerprint density at radius 1 is 1.04 bits per heavy atom. The van der Waals surface area contributed by atoms with Crippen LogP contribution in [0, 0.1) is 0 Å². The number of carbonyl (C=O) groups excluding carboxylic acids is 2. The fourth-order valence-electron chi connectivity index (χ4n) is 2.05. The van der Waals surface area contributed by atoms with Crippen LogP contribution in [0.4, 0.5) is 0 Å². The number of esters is 1. The van der Waals surface area contributed by atoms with Crippen molar-refractivity contribution in [1.29, 1.82) is 0 Å². The molecule has 1 unspecified atom stereocenters. The lowest BCUT2D eigenvalue weighted by molar-refractivity contribution is -0.142. The predicted molar refractivity (Wildman–Crippen MR) is 93.6 cm³/mol. The van der Waals surface area contributed by atoms with Gasteiger partial charge in [-0.3, -0.25) is 4.79 Å². The van der Waals surface area contributed by atoms with Crippen molar-refractivity contribution in [2.75, 3.05) is 13.2 Å². The van der Waals surface area contributed by atoms with Crippen molar-refractivity contribution >= 4 is 11.8 Å². The Labute approximate surface area is 146 Å². The van der Waals surface area contributed by atoms with Crippen molar-refractivity contribution in [3.05, 3.63) is 77.9 Å². The number of para-hydroxylation sites is 1. The van der Waals surface area contributed by atoms with Crippen LogP contribution in [0.5, 0.6) is 5.75 Å². The Morgan fingerprint density at radius 3 is 2.36 bits per heavy atom. The molecule has 130 valence electrons. The molecule has 0 amide bonds. The van der Waals surface area contributed by atoms with Crippen molar-refractivity contribution in [2.45, 2.75) is 13.0 Å². The van der Waals surface area contributed by atoms with Crippen molar-refractivity contribution < 1.29 is 24.2 Å². The lowest BCUT2D eigenvalue weighted by Crippen LogP contribution is -2.25. The van der Waals surface area contributed by atoms with Crippen LogP contribution < -0.4 is 4.74 Å². The highest BCUT2D eigenvalue weighted by molar-refractivity contribution is 6.10. The van der Waals surface area contributed by atoms with Crippen LogP contribution in [-0.4, -0.2) is 36.2 Å². The fourth-order valence-corrected chi connectivity index (χ4v) is 2.05. The van der Waals surface area contributed by atoms with Gasteiger partial charge in [-0.05, 0) is 19.1 Å². The third-order valence-electron chi connectivity index (χ3n) is 3.35. The molecule has 0 bridgehead atoms. The zero-order valence-electron chi connectivity index (χ0n) is 14.0. The van der Waals surface area contributed by atoms with Crippen LogP contribution in [0.3, 0.4) is 0 Å². The van der Waals surface area contributed by atoms with E-state index in [0.29, 0.717) is 16.9 Å². The van der Waals surface area contributed by atoms with Crippen LogP contribution in [0.15, 0.2) is 66.7 Å². The summed E-state index contributed by atoms with van der Waals surface area (Å²) in [6.45, 7) is 4.67. The molecule has 1 N–H and O–H groups in total. The second kappa shape index (κ2) is 8.80. The summed E-state index contributed by atoms with van der Waals surface area (Å²) in [6.07, 6.45) is -1.01. The number of aliphatic hydroxyl groups is 1. The summed E-state index contributed by atoms with van der Waals surface area (Å²) >= 11 is 0. The van der Waals surface area contributed by atoms with Gasteiger partial charge in [0, 0.05) is 11.1 Å². The maximum Gasteiger partial charge on any atom is 0.333 e. The standard InChI is InChI=1S/C20H20O5/c1-14(2)20(23)25-13-16(21)12-24-18-11-7-6-10-17(18)19(22)15-8-4-3-5-9-15/h3-11,16,21H,1,12-13H2,2H3. The van der Waals surface area contributed by atoms with Crippen molar-refractivity contribution in [1.82, 2.24) is 0 Å². The second-order valence-electron chi connectivity index (χ2n) is 5.53. The molecule has 5 nitrogen and oxygen atoms in total. The summed E-state index contributed by atoms with van der Waals surface area (Å²) in [7, 11) is 0. The molecule has 0 radical (unpaired) electrons. The van der Waals surface area contributed by atoms with E-state index in [1.807, 2.05) is 6.07 Å². The number of hydrogen-bond acceptors (Lipinski definition) is 5. The van der Waals surface area contributed by atoms with E-state index >= 15 is 0 Å². The zero-order chi connectivity index (χ0) is 18.2. The van der Waals surface area contributed by atoms with Crippen LogP contribution in [0.25, 0.3) is 0 Å². The highest BCUT2D eigenvalue weighted by Gasteiger charge is 2.16. The molecular weight excluding hydrogens is 320 g/mol. The summed E-state index contributed by atoms with van der Waals surface area (Å²) in [5.74, 6) is -0.375. The second-order valence-corrected chi connectivity index (χ2v) is 5.53. The minimum absolute atomic E-state index is 0.109. The van der Waals surface area contributed by atoms with E-state index in [-0.39, 0.29) is 24.6 Å². The summed E-state index contributed by atoms with van der Waals surface area (Å²) < 4.78 is 10.4. The third kappa shape index (κ3) is 5.29. The topological polar surface area (TPSA) is 72.8 Å². The Kier molecular flexibility index (Phi) is 6.48. The number of carbonyl (C=O) groups is 2. The SMILES string of the molecule is C=C(C)C(=O)OCC(O)COc1ccccc1C(=O)c1ccccc1. The number of aliphatic hydroxyl groups excluding tert-OH is 1. The molecular formula is C20H20O5. The maximum atomic E-state index is 12.6. The monoisotopic (exact) mass is 340 g/mol. The first-order chi connectivity index (χ1) is 12.0. The van der Waals surface area contributed by atoms with Gasteiger partial charge in [0.1, 0.15) is 25.1 Å². The van der Waals surface area contributed by atoms with Crippen molar-refractivity contribution in [2.24, 2.45) is 0 Å². The lowest BCUT2D eigenvalue weighted by Gasteiger charge is -2.15. The van der Waals surface area contributed by atoms with E-state index in [2.05, 4.69) is 6.58 Å². The molecule has 0 fully saturated rings. The smallest absolute Gasteiger partial charge is 0.333 e. The molecule has 0 heterocycles. The number of ketones is 1. The minimum Gasteiger partial charge on any atom is -0.490 e. The van der Waals surface area contributed by atoms with Gasteiger partial charge in [0.15, 0.2) is 5.78 Å². The molecule has 5 heteroatoms. The molecule has 0 saturated heterocycles. The van der Waals surface area contributed by atoms with E-state index in [9.17, 15) is 14.7 Å². The molecule has 2 aromatic carbocycles. The fraction of sp³-hybridized carbons (Fsp3) is 0.200. The highest BCUT2D eigenvalue weighted by atomic mass is 16.5. The quantitative estimate of drug-likeness (QED) is 0.454. The van der Waals surface area contributed by atoms with Gasteiger partial charge in [-0.25, -0.2) is 4.79 Å². The number of rotatable bonds is 8. The van der Waals surface area contributed by atoms with Gasteiger partial charge in [0.05, 0.1) is 5.56 Å². The van der Waals surface area contributed by atoms with E-state index in [0.717, 1.165) is 0 Å². The summed E-state index contributed by atoms with van der Waals surface area (Å²) in [5.41, 5.74) is 1.21. The highest BCUT2D eigenvalue weighted by Crippen LogP contribution is 2.21. The average Bonchev–Trinajstić information content (AvgIpc) is 2.64. The van der Waals surface area contributed by atoms with Gasteiger partial charge in [0.25, 0.3) is 0 Å². The molecule has 0 aliphatic heterocycles. The van der Waals surface area contributed by atoms with E-state index in [1.54, 1.807) is 48.5 Å². The van der Waals surface area contributed by atoms with Crippen LogP contribution in [0.1, 0.15) is 22.8 Å². The Balaban J connectivity index is 2.00. The molecule has 0 spiro atoms. The first kappa shape index (κ1) is 18.4. The van der Waals surface area contributed by atoms with Crippen LogP contribution >= 0.6 is 0 Å². The largest absolute Gasteiger partial charge is 0.490 e. The summed E-state index contributed by atoms with van der Waals surface area (Å²) in [4.78, 5) is 23.9. The van der Waals surface area contributed by atoms with Gasteiger partial charge in [-0.2, -0.15) is 0 Å². The lowest BCUT2D eigenvalue weighted by atomic mass is 10.0. The Bertz CT molecular complexity index is 752. The van der Waals surface area contributed by atoms with Crippen LogP contribution in [0.2, 0.25) is 0 Å². The van der Waals surface area contributed by atoms with Gasteiger partial charge >= 0.3 is 5.97 Å². The van der Waals surface area contributed by atoms with E-state index in [1.165, 1.54) is 6.92 Å².